The monoisotopic (exact) mass is 405 g/mol. The summed E-state index contributed by atoms with van der Waals surface area (Å²) in [5.74, 6) is 0. The van der Waals surface area contributed by atoms with Crippen LogP contribution < -0.4 is 5.32 Å². The molecule has 3 heterocycles. The number of morpholine rings is 1. The fraction of sp³-hybridized carbons (Fsp3) is 0.273. The molecule has 1 aliphatic rings. The molecule has 0 spiro atoms. The largest absolute Gasteiger partial charge is 0.379 e. The lowest BCUT2D eigenvalue weighted by Crippen LogP contribution is -2.35. The van der Waals surface area contributed by atoms with Crippen molar-refractivity contribution >= 4 is 21.4 Å². The number of imidazole rings is 1. The quantitative estimate of drug-likeness (QED) is 0.527. The lowest BCUT2D eigenvalue weighted by atomic mass is 10.1. The van der Waals surface area contributed by atoms with E-state index in [4.69, 9.17) is 9.72 Å². The van der Waals surface area contributed by atoms with Gasteiger partial charge in [-0.15, -0.1) is 5.10 Å². The summed E-state index contributed by atoms with van der Waals surface area (Å²) in [6, 6.07) is 18.8. The number of benzene rings is 2. The van der Waals surface area contributed by atoms with Gasteiger partial charge >= 0.3 is 0 Å². The van der Waals surface area contributed by atoms with Crippen LogP contribution in [0.1, 0.15) is 11.1 Å². The first-order valence-electron chi connectivity index (χ1n) is 9.87. The van der Waals surface area contributed by atoms with Gasteiger partial charge in [-0.25, -0.2) is 9.50 Å². The Morgan fingerprint density at radius 1 is 0.966 bits per heavy atom. The topological polar surface area (TPSA) is 54.7 Å². The van der Waals surface area contributed by atoms with E-state index in [1.54, 1.807) is 11.3 Å². The van der Waals surface area contributed by atoms with Gasteiger partial charge in [0.05, 0.1) is 25.1 Å². The van der Waals surface area contributed by atoms with Crippen molar-refractivity contribution in [3.8, 4) is 11.3 Å². The number of anilines is 1. The summed E-state index contributed by atoms with van der Waals surface area (Å²) in [5, 5.41) is 9.01. The number of nitrogens with one attached hydrogen (secondary N) is 1. The van der Waals surface area contributed by atoms with Gasteiger partial charge in [0.2, 0.25) is 10.1 Å². The molecular weight excluding hydrogens is 382 g/mol. The maximum Gasteiger partial charge on any atom is 0.214 e. The van der Waals surface area contributed by atoms with Gasteiger partial charge in [0.25, 0.3) is 0 Å². The van der Waals surface area contributed by atoms with Gasteiger partial charge < -0.3 is 10.1 Å². The minimum absolute atomic E-state index is 0.753. The van der Waals surface area contributed by atoms with E-state index in [1.807, 2.05) is 28.9 Å². The highest BCUT2D eigenvalue weighted by Gasteiger charge is 2.13. The number of aromatic nitrogens is 3. The first kappa shape index (κ1) is 18.3. The normalized spacial score (nSPS) is 15.0. The Balaban J connectivity index is 1.28. The number of nitrogens with zero attached hydrogens (tertiary/aromatic N) is 4. The second kappa shape index (κ2) is 8.32. The minimum Gasteiger partial charge on any atom is -0.379 e. The molecule has 4 aromatic rings. The summed E-state index contributed by atoms with van der Waals surface area (Å²) < 4.78 is 7.32. The molecule has 2 aromatic heterocycles. The molecule has 0 saturated carbocycles. The second-order valence-corrected chi connectivity index (χ2v) is 8.09. The summed E-state index contributed by atoms with van der Waals surface area (Å²) in [6.45, 7) is 5.35. The zero-order valence-corrected chi connectivity index (χ0v) is 16.9. The molecule has 2 aromatic carbocycles. The Morgan fingerprint density at radius 3 is 2.52 bits per heavy atom. The van der Waals surface area contributed by atoms with Crippen LogP contribution in [0.15, 0.2) is 60.8 Å². The van der Waals surface area contributed by atoms with Crippen molar-refractivity contribution in [2.75, 3.05) is 31.6 Å². The average molecular weight is 406 g/mol. The highest BCUT2D eigenvalue weighted by atomic mass is 32.1. The predicted octanol–water partition coefficient (Wildman–Crippen LogP) is 3.90. The molecule has 1 aliphatic heterocycles. The zero-order valence-electron chi connectivity index (χ0n) is 16.1. The second-order valence-electron chi connectivity index (χ2n) is 7.14. The minimum atomic E-state index is 0.753. The average Bonchev–Trinajstić information content (AvgIpc) is 3.33. The molecule has 1 saturated heterocycles. The predicted molar refractivity (Wildman–Crippen MR) is 116 cm³/mol. The first-order chi connectivity index (χ1) is 14.3. The summed E-state index contributed by atoms with van der Waals surface area (Å²) in [6.07, 6.45) is 1.98. The van der Waals surface area contributed by atoms with Crippen LogP contribution in [0.3, 0.4) is 0 Å². The first-order valence-corrected chi connectivity index (χ1v) is 10.7. The van der Waals surface area contributed by atoms with Crippen molar-refractivity contribution in [2.24, 2.45) is 0 Å². The van der Waals surface area contributed by atoms with E-state index in [9.17, 15) is 0 Å². The van der Waals surface area contributed by atoms with Gasteiger partial charge in [-0.3, -0.25) is 4.90 Å². The molecule has 7 heteroatoms. The highest BCUT2D eigenvalue weighted by molar-refractivity contribution is 7.20. The molecular formula is C22H23N5OS. The SMILES string of the molecule is c1ccc(-c2cn3nc(NCc4ccccc4CN4CCOCC4)sc3n2)cc1. The zero-order chi connectivity index (χ0) is 19.5. The highest BCUT2D eigenvalue weighted by Crippen LogP contribution is 2.25. The van der Waals surface area contributed by atoms with E-state index in [1.165, 1.54) is 11.1 Å². The number of hydrogen-bond donors (Lipinski definition) is 1. The molecule has 0 aliphatic carbocycles. The van der Waals surface area contributed by atoms with Gasteiger partial charge in [-0.2, -0.15) is 0 Å². The summed E-state index contributed by atoms with van der Waals surface area (Å²) in [5.41, 5.74) is 4.72. The standard InChI is InChI=1S/C22H23N5OS/c1-2-6-17(7-3-1)20-16-27-22(24-20)29-21(25-27)23-14-18-8-4-5-9-19(18)15-26-10-12-28-13-11-26/h1-9,16H,10-15H2,(H,23,25). The van der Waals surface area contributed by atoms with Gasteiger partial charge in [-0.05, 0) is 11.1 Å². The Kier molecular flexibility index (Phi) is 5.25. The van der Waals surface area contributed by atoms with Crippen molar-refractivity contribution in [1.82, 2.24) is 19.5 Å². The molecule has 5 rings (SSSR count). The fourth-order valence-corrected chi connectivity index (χ4v) is 4.35. The van der Waals surface area contributed by atoms with Crippen LogP contribution in [0.2, 0.25) is 0 Å². The molecule has 1 fully saturated rings. The van der Waals surface area contributed by atoms with E-state index in [0.717, 1.165) is 60.7 Å². The van der Waals surface area contributed by atoms with E-state index in [2.05, 4.69) is 51.7 Å². The Hall–Kier alpha value is -2.74. The molecule has 29 heavy (non-hydrogen) atoms. The smallest absolute Gasteiger partial charge is 0.214 e. The number of rotatable bonds is 6. The van der Waals surface area contributed by atoms with Gasteiger partial charge in [0, 0.05) is 31.7 Å². The molecule has 148 valence electrons. The fourth-order valence-electron chi connectivity index (χ4n) is 3.57. The van der Waals surface area contributed by atoms with Crippen LogP contribution in [0.5, 0.6) is 0 Å². The number of fused-ring (bicyclic) bond motifs is 1. The molecule has 1 N–H and O–H groups in total. The Labute approximate surface area is 173 Å². The summed E-state index contributed by atoms with van der Waals surface area (Å²) >= 11 is 1.58. The van der Waals surface area contributed by atoms with Crippen LogP contribution >= 0.6 is 11.3 Å². The van der Waals surface area contributed by atoms with E-state index >= 15 is 0 Å². The molecule has 0 atom stereocenters. The van der Waals surface area contributed by atoms with E-state index in [0.29, 0.717) is 0 Å². The van der Waals surface area contributed by atoms with Gasteiger partial charge in [0.1, 0.15) is 0 Å². The van der Waals surface area contributed by atoms with Crippen molar-refractivity contribution < 1.29 is 4.74 Å². The maximum atomic E-state index is 5.46. The van der Waals surface area contributed by atoms with E-state index < -0.39 is 0 Å². The molecule has 0 unspecified atom stereocenters. The third-order valence-electron chi connectivity index (χ3n) is 5.16. The third-order valence-corrected chi connectivity index (χ3v) is 6.04. The van der Waals surface area contributed by atoms with Crippen molar-refractivity contribution in [3.05, 3.63) is 71.9 Å². The Morgan fingerprint density at radius 2 is 1.72 bits per heavy atom. The maximum absolute atomic E-state index is 5.46. The Bertz CT molecular complexity index is 1050. The summed E-state index contributed by atoms with van der Waals surface area (Å²) in [7, 11) is 0. The lowest BCUT2D eigenvalue weighted by Gasteiger charge is -2.27. The van der Waals surface area contributed by atoms with Crippen LogP contribution in [-0.2, 0) is 17.8 Å². The van der Waals surface area contributed by atoms with E-state index in [-0.39, 0.29) is 0 Å². The molecule has 0 radical (unpaired) electrons. The third kappa shape index (κ3) is 4.17. The van der Waals surface area contributed by atoms with Crippen LogP contribution in [0.25, 0.3) is 16.2 Å². The number of hydrogen-bond acceptors (Lipinski definition) is 6. The van der Waals surface area contributed by atoms with Crippen molar-refractivity contribution in [3.63, 3.8) is 0 Å². The molecule has 0 bridgehead atoms. The molecule has 0 amide bonds. The number of ether oxygens (including phenoxy) is 1. The summed E-state index contributed by atoms with van der Waals surface area (Å²) in [4.78, 5) is 8.06. The molecule has 6 nitrogen and oxygen atoms in total. The van der Waals surface area contributed by atoms with Crippen molar-refractivity contribution in [2.45, 2.75) is 13.1 Å². The lowest BCUT2D eigenvalue weighted by molar-refractivity contribution is 0.0341. The van der Waals surface area contributed by atoms with Gasteiger partial charge in [0.15, 0.2) is 0 Å². The van der Waals surface area contributed by atoms with Gasteiger partial charge in [-0.1, -0.05) is 65.9 Å². The van der Waals surface area contributed by atoms with Crippen LogP contribution in [-0.4, -0.2) is 45.8 Å². The van der Waals surface area contributed by atoms with Crippen LogP contribution in [0.4, 0.5) is 5.13 Å². The van der Waals surface area contributed by atoms with Crippen molar-refractivity contribution in [1.29, 1.82) is 0 Å². The van der Waals surface area contributed by atoms with Crippen LogP contribution in [0, 0.1) is 0 Å².